The van der Waals surface area contributed by atoms with Gasteiger partial charge in [0.2, 0.25) is 5.91 Å². The van der Waals surface area contributed by atoms with Crippen molar-refractivity contribution in [1.82, 2.24) is 4.57 Å². The molecule has 0 atom stereocenters. The Balaban J connectivity index is 2.09. The number of hydrogen-bond donors (Lipinski definition) is 1. The first kappa shape index (κ1) is 14.5. The number of carbonyl (C=O) groups excluding carboxylic acids is 1. The first-order valence-corrected chi connectivity index (χ1v) is 7.40. The highest BCUT2D eigenvalue weighted by Gasteiger charge is 2.09. The third-order valence-electron chi connectivity index (χ3n) is 3.12. The maximum Gasteiger partial charge on any atom is 0.307 e. The first-order chi connectivity index (χ1) is 9.47. The van der Waals surface area contributed by atoms with Crippen molar-refractivity contribution in [3.63, 3.8) is 0 Å². The summed E-state index contributed by atoms with van der Waals surface area (Å²) in [5.74, 6) is 0.225. The van der Waals surface area contributed by atoms with E-state index in [1.807, 2.05) is 31.2 Å². The van der Waals surface area contributed by atoms with Gasteiger partial charge in [0.1, 0.15) is 6.54 Å². The van der Waals surface area contributed by atoms with Crippen LogP contribution in [-0.4, -0.2) is 10.5 Å². The Hall–Kier alpha value is -1.88. The normalized spacial score (nSPS) is 10.8. The van der Waals surface area contributed by atoms with Crippen molar-refractivity contribution in [2.75, 3.05) is 5.32 Å². The Morgan fingerprint density at radius 2 is 2.15 bits per heavy atom. The molecule has 20 heavy (non-hydrogen) atoms. The lowest BCUT2D eigenvalue weighted by molar-refractivity contribution is -0.116. The Labute approximate surface area is 122 Å². The number of nitrogens with one attached hydrogen (secondary N) is 1. The summed E-state index contributed by atoms with van der Waals surface area (Å²) in [5, 5.41) is 4.59. The number of carbonyl (C=O) groups is 1. The third kappa shape index (κ3) is 3.36. The number of thiazole rings is 1. The summed E-state index contributed by atoms with van der Waals surface area (Å²) >= 11 is 1.11. The third-order valence-corrected chi connectivity index (χ3v) is 4.00. The molecule has 0 aliphatic rings. The number of aromatic nitrogens is 1. The molecule has 1 heterocycles. The molecule has 0 saturated heterocycles. The highest BCUT2D eigenvalue weighted by molar-refractivity contribution is 7.07. The zero-order valence-corrected chi connectivity index (χ0v) is 12.7. The Morgan fingerprint density at radius 3 is 2.75 bits per heavy atom. The van der Waals surface area contributed by atoms with Crippen molar-refractivity contribution >= 4 is 22.9 Å². The second-order valence-corrected chi connectivity index (χ2v) is 5.88. The Morgan fingerprint density at radius 1 is 1.40 bits per heavy atom. The van der Waals surface area contributed by atoms with Crippen molar-refractivity contribution in [3.05, 3.63) is 50.6 Å². The van der Waals surface area contributed by atoms with Gasteiger partial charge in [-0.05, 0) is 30.5 Å². The molecular weight excluding hydrogens is 272 g/mol. The molecule has 0 saturated carbocycles. The number of benzene rings is 1. The van der Waals surface area contributed by atoms with Crippen LogP contribution in [0.25, 0.3) is 0 Å². The minimum absolute atomic E-state index is 0.0556. The monoisotopic (exact) mass is 290 g/mol. The van der Waals surface area contributed by atoms with Crippen LogP contribution >= 0.6 is 11.3 Å². The van der Waals surface area contributed by atoms with E-state index in [0.29, 0.717) is 5.92 Å². The van der Waals surface area contributed by atoms with Crippen LogP contribution in [0.5, 0.6) is 0 Å². The van der Waals surface area contributed by atoms with Gasteiger partial charge in [-0.25, -0.2) is 0 Å². The van der Waals surface area contributed by atoms with Gasteiger partial charge in [-0.2, -0.15) is 0 Å². The Bertz CT molecular complexity index is 671. The number of hydrogen-bond acceptors (Lipinski definition) is 3. The fourth-order valence-corrected chi connectivity index (χ4v) is 2.65. The average Bonchev–Trinajstić information content (AvgIpc) is 2.71. The number of nitrogens with zero attached hydrogens (tertiary/aromatic N) is 1. The minimum atomic E-state index is -0.186. The quantitative estimate of drug-likeness (QED) is 0.941. The predicted octanol–water partition coefficient (Wildman–Crippen LogP) is 2.98. The molecule has 106 valence electrons. The molecule has 0 fully saturated rings. The minimum Gasteiger partial charge on any atom is -0.325 e. The highest BCUT2D eigenvalue weighted by atomic mass is 32.1. The van der Waals surface area contributed by atoms with Crippen LogP contribution < -0.4 is 10.2 Å². The van der Waals surface area contributed by atoms with Crippen molar-refractivity contribution in [1.29, 1.82) is 0 Å². The highest BCUT2D eigenvalue weighted by Crippen LogP contribution is 2.18. The second kappa shape index (κ2) is 6.05. The zero-order chi connectivity index (χ0) is 14.7. The molecule has 0 aliphatic carbocycles. The van der Waals surface area contributed by atoms with Gasteiger partial charge < -0.3 is 5.32 Å². The van der Waals surface area contributed by atoms with E-state index in [9.17, 15) is 9.59 Å². The summed E-state index contributed by atoms with van der Waals surface area (Å²) in [6.07, 6.45) is 0. The second-order valence-electron chi connectivity index (χ2n) is 5.06. The van der Waals surface area contributed by atoms with Crippen LogP contribution in [0.2, 0.25) is 0 Å². The molecule has 1 aromatic carbocycles. The van der Waals surface area contributed by atoms with E-state index in [0.717, 1.165) is 22.7 Å². The molecule has 1 amide bonds. The maximum absolute atomic E-state index is 12.0. The summed E-state index contributed by atoms with van der Waals surface area (Å²) in [6, 6.07) is 7.78. The topological polar surface area (TPSA) is 51.1 Å². The lowest BCUT2D eigenvalue weighted by atomic mass is 10.0. The predicted molar refractivity (Wildman–Crippen MR) is 82.5 cm³/mol. The van der Waals surface area contributed by atoms with E-state index in [1.165, 1.54) is 10.1 Å². The molecule has 2 rings (SSSR count). The number of aryl methyl sites for hydroxylation is 1. The van der Waals surface area contributed by atoms with Crippen molar-refractivity contribution in [3.8, 4) is 0 Å². The standard InChI is InChI=1S/C15H18N2O2S/c1-10(2)12-5-4-6-13(7-12)16-14(18)8-17-11(3)9-20-15(17)19/h4-7,9-10H,8H2,1-3H3,(H,16,18). The van der Waals surface area contributed by atoms with Gasteiger partial charge in [-0.15, -0.1) is 0 Å². The summed E-state index contributed by atoms with van der Waals surface area (Å²) in [4.78, 5) is 23.5. The van der Waals surface area contributed by atoms with E-state index in [-0.39, 0.29) is 17.3 Å². The molecule has 5 heteroatoms. The fourth-order valence-electron chi connectivity index (χ4n) is 1.92. The average molecular weight is 290 g/mol. The molecule has 0 aliphatic heterocycles. The van der Waals surface area contributed by atoms with Gasteiger partial charge in [0.15, 0.2) is 0 Å². The van der Waals surface area contributed by atoms with Crippen molar-refractivity contribution in [2.45, 2.75) is 33.2 Å². The molecular formula is C15H18N2O2S. The first-order valence-electron chi connectivity index (χ1n) is 6.52. The molecule has 2 aromatic rings. The lowest BCUT2D eigenvalue weighted by Crippen LogP contribution is -2.25. The summed E-state index contributed by atoms with van der Waals surface area (Å²) in [5.41, 5.74) is 2.75. The van der Waals surface area contributed by atoms with E-state index in [1.54, 1.807) is 5.38 Å². The number of amides is 1. The molecule has 4 nitrogen and oxygen atoms in total. The number of anilines is 1. The zero-order valence-electron chi connectivity index (χ0n) is 11.8. The molecule has 1 N–H and O–H groups in total. The van der Waals surface area contributed by atoms with Crippen LogP contribution in [0.1, 0.15) is 31.0 Å². The molecule has 0 unspecified atom stereocenters. The van der Waals surface area contributed by atoms with E-state index < -0.39 is 0 Å². The van der Waals surface area contributed by atoms with Gasteiger partial charge in [0, 0.05) is 16.8 Å². The largest absolute Gasteiger partial charge is 0.325 e. The van der Waals surface area contributed by atoms with Crippen molar-refractivity contribution in [2.24, 2.45) is 0 Å². The van der Waals surface area contributed by atoms with Gasteiger partial charge in [-0.1, -0.05) is 37.3 Å². The van der Waals surface area contributed by atoms with Gasteiger partial charge >= 0.3 is 4.87 Å². The SMILES string of the molecule is Cc1csc(=O)n1CC(=O)Nc1cccc(C(C)C)c1. The summed E-state index contributed by atoms with van der Waals surface area (Å²) < 4.78 is 1.48. The molecule has 0 bridgehead atoms. The van der Waals surface area contributed by atoms with Gasteiger partial charge in [-0.3, -0.25) is 14.2 Å². The molecule has 0 radical (unpaired) electrons. The molecule has 1 aromatic heterocycles. The van der Waals surface area contributed by atoms with E-state index in [4.69, 9.17) is 0 Å². The van der Waals surface area contributed by atoms with Gasteiger partial charge in [0.25, 0.3) is 0 Å². The van der Waals surface area contributed by atoms with Crippen LogP contribution in [0, 0.1) is 6.92 Å². The van der Waals surface area contributed by atoms with Crippen LogP contribution in [0.3, 0.4) is 0 Å². The Kier molecular flexibility index (Phi) is 4.39. The maximum atomic E-state index is 12.0. The van der Waals surface area contributed by atoms with Crippen LogP contribution in [0.15, 0.2) is 34.4 Å². The van der Waals surface area contributed by atoms with E-state index >= 15 is 0 Å². The van der Waals surface area contributed by atoms with Gasteiger partial charge in [0.05, 0.1) is 0 Å². The van der Waals surface area contributed by atoms with E-state index in [2.05, 4.69) is 19.2 Å². The summed E-state index contributed by atoms with van der Waals surface area (Å²) in [6.45, 7) is 6.09. The fraction of sp³-hybridized carbons (Fsp3) is 0.333. The summed E-state index contributed by atoms with van der Waals surface area (Å²) in [7, 11) is 0. The molecule has 0 spiro atoms. The van der Waals surface area contributed by atoms with Crippen molar-refractivity contribution < 1.29 is 4.79 Å². The number of rotatable bonds is 4. The smallest absolute Gasteiger partial charge is 0.307 e. The van der Waals surface area contributed by atoms with Crippen LogP contribution in [0.4, 0.5) is 5.69 Å². The lowest BCUT2D eigenvalue weighted by Gasteiger charge is -2.10. The van der Waals surface area contributed by atoms with Crippen LogP contribution in [-0.2, 0) is 11.3 Å².